The minimum atomic E-state index is 0.662. The van der Waals surface area contributed by atoms with Crippen LogP contribution in [0, 0.1) is 10.8 Å². The van der Waals surface area contributed by atoms with Gasteiger partial charge in [-0.2, -0.15) is 0 Å². The summed E-state index contributed by atoms with van der Waals surface area (Å²) >= 11 is 0. The molecule has 15 heavy (non-hydrogen) atoms. The predicted octanol–water partition coefficient (Wildman–Crippen LogP) is 3.43. The van der Waals surface area contributed by atoms with Crippen molar-refractivity contribution >= 4 is 11.9 Å². The zero-order chi connectivity index (χ0) is 11.3. The van der Waals surface area contributed by atoms with Gasteiger partial charge in [0.05, 0.1) is 0 Å². The Bertz CT molecular complexity index is 393. The van der Waals surface area contributed by atoms with Gasteiger partial charge in [0.2, 0.25) is 0 Å². The molecule has 0 spiro atoms. The SMILES string of the molecule is C/C=C\C=C1/C(=N)CC(C)=C1/C=C\C=N. The fraction of sp³-hybridized carbons (Fsp3) is 0.231. The molecule has 0 aromatic rings. The summed E-state index contributed by atoms with van der Waals surface area (Å²) in [6, 6.07) is 0. The molecule has 78 valence electrons. The smallest absolute Gasteiger partial charge is 0.0432 e. The Morgan fingerprint density at radius 3 is 2.60 bits per heavy atom. The summed E-state index contributed by atoms with van der Waals surface area (Å²) in [5.74, 6) is 0. The van der Waals surface area contributed by atoms with E-state index in [0.717, 1.165) is 17.6 Å². The molecule has 0 aliphatic heterocycles. The summed E-state index contributed by atoms with van der Waals surface area (Å²) in [4.78, 5) is 0. The number of rotatable bonds is 3. The van der Waals surface area contributed by atoms with Crippen molar-refractivity contribution in [1.29, 1.82) is 10.8 Å². The van der Waals surface area contributed by atoms with Crippen LogP contribution in [0.25, 0.3) is 0 Å². The van der Waals surface area contributed by atoms with Gasteiger partial charge in [-0.25, -0.2) is 0 Å². The summed E-state index contributed by atoms with van der Waals surface area (Å²) in [6.07, 6.45) is 11.4. The van der Waals surface area contributed by atoms with E-state index >= 15 is 0 Å². The van der Waals surface area contributed by atoms with Crippen molar-refractivity contribution in [2.75, 3.05) is 0 Å². The number of allylic oxidation sites excluding steroid dienone is 8. The molecule has 2 nitrogen and oxygen atoms in total. The molecule has 1 rings (SSSR count). The van der Waals surface area contributed by atoms with Gasteiger partial charge < -0.3 is 10.8 Å². The highest BCUT2D eigenvalue weighted by molar-refractivity contribution is 6.07. The van der Waals surface area contributed by atoms with Crippen LogP contribution in [0.5, 0.6) is 0 Å². The minimum Gasteiger partial charge on any atom is -0.309 e. The number of hydrogen-bond donors (Lipinski definition) is 2. The Labute approximate surface area is 90.7 Å². The van der Waals surface area contributed by atoms with Crippen LogP contribution < -0.4 is 0 Å². The van der Waals surface area contributed by atoms with Crippen LogP contribution in [0.3, 0.4) is 0 Å². The van der Waals surface area contributed by atoms with E-state index in [-0.39, 0.29) is 0 Å². The first kappa shape index (κ1) is 11.4. The lowest BCUT2D eigenvalue weighted by atomic mass is 10.1. The van der Waals surface area contributed by atoms with Crippen LogP contribution in [-0.4, -0.2) is 11.9 Å². The standard InChI is InChI=1S/C13H16N2/c1-3-4-6-12-11(7-5-8-14)10(2)9-13(12)15/h3-8,14-15H,9H2,1-2H3/b4-3-,7-5-,12-6-,14-8?,15-13?. The molecule has 0 heterocycles. The third kappa shape index (κ3) is 2.62. The molecular weight excluding hydrogens is 184 g/mol. The van der Waals surface area contributed by atoms with Crippen molar-refractivity contribution in [2.24, 2.45) is 0 Å². The average Bonchev–Trinajstić information content (AvgIpc) is 2.47. The third-order valence-corrected chi connectivity index (χ3v) is 2.33. The van der Waals surface area contributed by atoms with E-state index in [1.165, 1.54) is 11.8 Å². The summed E-state index contributed by atoms with van der Waals surface area (Å²) in [5, 5.41) is 14.8. The van der Waals surface area contributed by atoms with Crippen LogP contribution in [-0.2, 0) is 0 Å². The number of hydrogen-bond acceptors (Lipinski definition) is 2. The average molecular weight is 200 g/mol. The molecular formula is C13H16N2. The number of nitrogens with one attached hydrogen (secondary N) is 2. The molecule has 0 unspecified atom stereocenters. The summed E-state index contributed by atoms with van der Waals surface area (Å²) in [5.41, 5.74) is 3.93. The van der Waals surface area contributed by atoms with Gasteiger partial charge in [0.25, 0.3) is 0 Å². The molecule has 0 aromatic heterocycles. The molecule has 1 aliphatic rings. The van der Waals surface area contributed by atoms with Crippen molar-refractivity contribution < 1.29 is 0 Å². The molecule has 0 saturated carbocycles. The first-order valence-corrected chi connectivity index (χ1v) is 4.98. The van der Waals surface area contributed by atoms with E-state index < -0.39 is 0 Å². The van der Waals surface area contributed by atoms with E-state index in [4.69, 9.17) is 10.8 Å². The lowest BCUT2D eigenvalue weighted by molar-refractivity contribution is 1.27. The van der Waals surface area contributed by atoms with E-state index in [1.807, 2.05) is 38.2 Å². The zero-order valence-electron chi connectivity index (χ0n) is 9.17. The van der Waals surface area contributed by atoms with E-state index in [9.17, 15) is 0 Å². The van der Waals surface area contributed by atoms with Gasteiger partial charge in [-0.15, -0.1) is 0 Å². The maximum Gasteiger partial charge on any atom is 0.0432 e. The monoisotopic (exact) mass is 200 g/mol. The Morgan fingerprint density at radius 1 is 1.27 bits per heavy atom. The molecule has 0 radical (unpaired) electrons. The molecule has 0 amide bonds. The molecule has 2 N–H and O–H groups in total. The maximum atomic E-state index is 7.85. The molecule has 2 heteroatoms. The second-order valence-corrected chi connectivity index (χ2v) is 3.48. The summed E-state index contributed by atoms with van der Waals surface area (Å²) < 4.78 is 0. The first-order valence-electron chi connectivity index (χ1n) is 4.98. The fourth-order valence-electron chi connectivity index (χ4n) is 1.61. The Hall–Kier alpha value is -1.70. The zero-order valence-corrected chi connectivity index (χ0v) is 9.17. The van der Waals surface area contributed by atoms with Crippen LogP contribution in [0.2, 0.25) is 0 Å². The van der Waals surface area contributed by atoms with Crippen molar-refractivity contribution in [3.63, 3.8) is 0 Å². The lowest BCUT2D eigenvalue weighted by Crippen LogP contribution is -1.93. The van der Waals surface area contributed by atoms with Gasteiger partial charge in [0.1, 0.15) is 0 Å². The Morgan fingerprint density at radius 2 is 2.00 bits per heavy atom. The molecule has 0 saturated heterocycles. The van der Waals surface area contributed by atoms with E-state index in [2.05, 4.69) is 0 Å². The van der Waals surface area contributed by atoms with Gasteiger partial charge in [-0.05, 0) is 25.5 Å². The van der Waals surface area contributed by atoms with Crippen LogP contribution >= 0.6 is 0 Å². The van der Waals surface area contributed by atoms with Crippen LogP contribution in [0.4, 0.5) is 0 Å². The van der Waals surface area contributed by atoms with E-state index in [0.29, 0.717) is 5.71 Å². The first-order chi connectivity index (χ1) is 7.20. The van der Waals surface area contributed by atoms with Crippen molar-refractivity contribution in [3.8, 4) is 0 Å². The second-order valence-electron chi connectivity index (χ2n) is 3.48. The third-order valence-electron chi connectivity index (χ3n) is 2.33. The largest absolute Gasteiger partial charge is 0.309 e. The topological polar surface area (TPSA) is 47.7 Å². The Balaban J connectivity index is 3.08. The van der Waals surface area contributed by atoms with E-state index in [1.54, 1.807) is 6.08 Å². The predicted molar refractivity (Wildman–Crippen MR) is 65.9 cm³/mol. The highest BCUT2D eigenvalue weighted by atomic mass is 14.5. The van der Waals surface area contributed by atoms with Gasteiger partial charge >= 0.3 is 0 Å². The molecule has 0 atom stereocenters. The maximum absolute atomic E-state index is 7.85. The second kappa shape index (κ2) is 5.25. The van der Waals surface area contributed by atoms with Gasteiger partial charge in [-0.1, -0.05) is 29.9 Å². The normalized spacial score (nSPS) is 20.1. The lowest BCUT2D eigenvalue weighted by Gasteiger charge is -1.99. The van der Waals surface area contributed by atoms with Gasteiger partial charge in [0.15, 0.2) is 0 Å². The van der Waals surface area contributed by atoms with Gasteiger partial charge in [-0.3, -0.25) is 0 Å². The summed E-state index contributed by atoms with van der Waals surface area (Å²) in [7, 11) is 0. The molecule has 0 bridgehead atoms. The highest BCUT2D eigenvalue weighted by Crippen LogP contribution is 2.29. The molecule has 1 aliphatic carbocycles. The molecule has 0 fully saturated rings. The van der Waals surface area contributed by atoms with Crippen molar-refractivity contribution in [2.45, 2.75) is 20.3 Å². The van der Waals surface area contributed by atoms with Crippen LogP contribution in [0.1, 0.15) is 20.3 Å². The minimum absolute atomic E-state index is 0.662. The fourth-order valence-corrected chi connectivity index (χ4v) is 1.61. The van der Waals surface area contributed by atoms with Crippen LogP contribution in [0.15, 0.2) is 47.1 Å². The quantitative estimate of drug-likeness (QED) is 0.656. The Kier molecular flexibility index (Phi) is 3.98. The summed E-state index contributed by atoms with van der Waals surface area (Å²) in [6.45, 7) is 3.99. The van der Waals surface area contributed by atoms with Gasteiger partial charge in [0, 0.05) is 23.9 Å². The molecule has 0 aromatic carbocycles. The highest BCUT2D eigenvalue weighted by Gasteiger charge is 2.18. The van der Waals surface area contributed by atoms with Crippen molar-refractivity contribution in [1.82, 2.24) is 0 Å². The van der Waals surface area contributed by atoms with Crippen molar-refractivity contribution in [3.05, 3.63) is 47.1 Å².